The highest BCUT2D eigenvalue weighted by Gasteiger charge is 2.15. The molecule has 5 rings (SSSR count). The molecule has 0 bridgehead atoms. The maximum absolute atomic E-state index is 13.2. The highest BCUT2D eigenvalue weighted by Crippen LogP contribution is 2.18. The maximum Gasteiger partial charge on any atom is 0.277 e. The van der Waals surface area contributed by atoms with E-state index in [0.717, 1.165) is 16.8 Å². The van der Waals surface area contributed by atoms with Crippen molar-refractivity contribution in [3.8, 4) is 0 Å². The van der Waals surface area contributed by atoms with Gasteiger partial charge in [-0.05, 0) is 42.0 Å². The first-order valence-corrected chi connectivity index (χ1v) is 9.93. The van der Waals surface area contributed by atoms with Gasteiger partial charge in [0.1, 0.15) is 5.52 Å². The minimum absolute atomic E-state index is 0.153. The molecule has 0 spiro atoms. The number of nitrogens with zero attached hydrogens (tertiary/aromatic N) is 4. The lowest BCUT2D eigenvalue weighted by molar-refractivity contribution is 0.0950. The van der Waals surface area contributed by atoms with Gasteiger partial charge in [-0.15, -0.1) is 0 Å². The van der Waals surface area contributed by atoms with Gasteiger partial charge in [0.2, 0.25) is 0 Å². The molecule has 0 unspecified atom stereocenters. The minimum atomic E-state index is -0.230. The van der Waals surface area contributed by atoms with Crippen molar-refractivity contribution in [2.24, 2.45) is 0 Å². The molecule has 0 saturated carbocycles. The van der Waals surface area contributed by atoms with Crippen molar-refractivity contribution in [3.05, 3.63) is 112 Å². The third-order valence-corrected chi connectivity index (χ3v) is 5.20. The van der Waals surface area contributed by atoms with E-state index >= 15 is 0 Å². The number of aromatic nitrogens is 4. The van der Waals surface area contributed by atoms with Gasteiger partial charge in [-0.2, -0.15) is 5.10 Å². The summed E-state index contributed by atoms with van der Waals surface area (Å²) in [5.74, 6) is -0.230. The Morgan fingerprint density at radius 2 is 1.71 bits per heavy atom. The van der Waals surface area contributed by atoms with Crippen LogP contribution in [0.15, 0.2) is 90.0 Å². The zero-order chi connectivity index (χ0) is 21.2. The van der Waals surface area contributed by atoms with Crippen molar-refractivity contribution >= 4 is 22.5 Å². The first kappa shape index (κ1) is 18.7. The normalized spacial score (nSPS) is 11.1. The predicted molar refractivity (Wildman–Crippen MR) is 118 cm³/mol. The van der Waals surface area contributed by atoms with Crippen LogP contribution in [0.1, 0.15) is 21.6 Å². The van der Waals surface area contributed by atoms with Crippen LogP contribution in [0, 0.1) is 0 Å². The third kappa shape index (κ3) is 3.57. The number of nitrogens with one attached hydrogen (secondary N) is 1. The summed E-state index contributed by atoms with van der Waals surface area (Å²) in [6.07, 6.45) is 3.30. The monoisotopic (exact) mass is 409 g/mol. The van der Waals surface area contributed by atoms with Gasteiger partial charge < -0.3 is 9.88 Å². The van der Waals surface area contributed by atoms with Gasteiger partial charge >= 0.3 is 0 Å². The molecule has 0 aliphatic rings. The highest BCUT2D eigenvalue weighted by atomic mass is 16.1. The summed E-state index contributed by atoms with van der Waals surface area (Å²) in [4.78, 5) is 30.2. The molecule has 3 aromatic heterocycles. The van der Waals surface area contributed by atoms with Gasteiger partial charge in [0, 0.05) is 11.8 Å². The number of benzene rings is 2. The summed E-state index contributed by atoms with van der Waals surface area (Å²) < 4.78 is 3.31. The van der Waals surface area contributed by atoms with E-state index in [0.29, 0.717) is 29.7 Å². The van der Waals surface area contributed by atoms with E-state index in [2.05, 4.69) is 15.4 Å². The molecule has 0 aliphatic carbocycles. The molecule has 152 valence electrons. The summed E-state index contributed by atoms with van der Waals surface area (Å²) in [5, 5.41) is 7.19. The van der Waals surface area contributed by atoms with E-state index in [9.17, 15) is 9.59 Å². The Hall–Kier alpha value is -4.26. The van der Waals surface area contributed by atoms with Crippen LogP contribution in [-0.4, -0.2) is 25.1 Å². The Morgan fingerprint density at radius 1 is 0.871 bits per heavy atom. The van der Waals surface area contributed by atoms with Gasteiger partial charge in [-0.1, -0.05) is 36.4 Å². The molecule has 7 heteroatoms. The number of carbonyl (C=O) groups excluding carboxylic acids is 1. The Kier molecular flexibility index (Phi) is 4.76. The molecule has 5 aromatic rings. The zero-order valence-electron chi connectivity index (χ0n) is 16.6. The molecular weight excluding hydrogens is 390 g/mol. The van der Waals surface area contributed by atoms with Crippen molar-refractivity contribution < 1.29 is 4.79 Å². The van der Waals surface area contributed by atoms with Crippen LogP contribution >= 0.6 is 0 Å². The first-order valence-electron chi connectivity index (χ1n) is 9.93. The number of amides is 1. The van der Waals surface area contributed by atoms with Gasteiger partial charge in [-0.25, -0.2) is 4.52 Å². The van der Waals surface area contributed by atoms with Gasteiger partial charge in [0.15, 0.2) is 0 Å². The number of hydrogen-bond donors (Lipinski definition) is 1. The third-order valence-electron chi connectivity index (χ3n) is 5.20. The average molecular weight is 409 g/mol. The smallest absolute Gasteiger partial charge is 0.277 e. The largest absolute Gasteiger partial charge is 0.346 e. The maximum atomic E-state index is 13.2. The molecule has 0 saturated heterocycles. The molecule has 7 nitrogen and oxygen atoms in total. The van der Waals surface area contributed by atoms with E-state index in [1.165, 1.54) is 0 Å². The second-order valence-corrected chi connectivity index (χ2v) is 7.21. The van der Waals surface area contributed by atoms with Crippen molar-refractivity contribution in [2.75, 3.05) is 0 Å². The topological polar surface area (TPSA) is 81.3 Å². The molecule has 0 aliphatic heterocycles. The molecule has 0 atom stereocenters. The highest BCUT2D eigenvalue weighted by molar-refractivity contribution is 5.97. The van der Waals surface area contributed by atoms with Crippen molar-refractivity contribution in [1.29, 1.82) is 0 Å². The van der Waals surface area contributed by atoms with E-state index in [4.69, 9.17) is 0 Å². The lowest BCUT2D eigenvalue weighted by Gasteiger charge is -2.13. The summed E-state index contributed by atoms with van der Waals surface area (Å²) in [5.41, 5.74) is 4.00. The van der Waals surface area contributed by atoms with Crippen LogP contribution < -0.4 is 10.9 Å². The van der Waals surface area contributed by atoms with Gasteiger partial charge in [-0.3, -0.25) is 14.6 Å². The number of hydrogen-bond acceptors (Lipinski definition) is 4. The Morgan fingerprint density at radius 3 is 2.52 bits per heavy atom. The standard InChI is InChI=1S/C24H19N5O2/c30-23(26-15-19-8-4-5-12-25-19)18-9-10-20-22(14-18)28(16-17-6-2-1-3-7-17)24(31)21-11-13-27-29(20)21/h1-14H,15-16H2,(H,26,30). The number of carbonyl (C=O) groups is 1. The van der Waals surface area contributed by atoms with Crippen molar-refractivity contribution in [2.45, 2.75) is 13.1 Å². The van der Waals surface area contributed by atoms with Gasteiger partial charge in [0.25, 0.3) is 11.5 Å². The van der Waals surface area contributed by atoms with E-state index in [1.807, 2.05) is 54.6 Å². The fraction of sp³-hybridized carbons (Fsp3) is 0.0833. The molecule has 31 heavy (non-hydrogen) atoms. The Bertz CT molecular complexity index is 1440. The lowest BCUT2D eigenvalue weighted by atomic mass is 10.1. The average Bonchev–Trinajstić information content (AvgIpc) is 3.32. The summed E-state index contributed by atoms with van der Waals surface area (Å²) in [7, 11) is 0. The Balaban J connectivity index is 1.57. The molecule has 2 aromatic carbocycles. The molecule has 1 N–H and O–H groups in total. The summed E-state index contributed by atoms with van der Waals surface area (Å²) >= 11 is 0. The van der Waals surface area contributed by atoms with Crippen LogP contribution in [0.4, 0.5) is 0 Å². The van der Waals surface area contributed by atoms with Crippen LogP contribution in [-0.2, 0) is 13.1 Å². The second-order valence-electron chi connectivity index (χ2n) is 7.21. The molecular formula is C24H19N5O2. The van der Waals surface area contributed by atoms with Crippen LogP contribution in [0.5, 0.6) is 0 Å². The van der Waals surface area contributed by atoms with Crippen LogP contribution in [0.25, 0.3) is 16.6 Å². The quantitative estimate of drug-likeness (QED) is 0.484. The number of rotatable bonds is 5. The number of fused-ring (bicyclic) bond motifs is 3. The SMILES string of the molecule is O=C(NCc1ccccn1)c1ccc2c(c1)n(Cc1ccccc1)c(=O)c1ccnn12. The minimum Gasteiger partial charge on any atom is -0.346 e. The molecule has 1 amide bonds. The second kappa shape index (κ2) is 7.87. The van der Waals surface area contributed by atoms with Crippen molar-refractivity contribution in [3.63, 3.8) is 0 Å². The molecule has 3 heterocycles. The number of pyridine rings is 1. The molecule has 0 radical (unpaired) electrons. The van der Waals surface area contributed by atoms with E-state index in [1.54, 1.807) is 39.7 Å². The van der Waals surface area contributed by atoms with Crippen LogP contribution in [0.3, 0.4) is 0 Å². The lowest BCUT2D eigenvalue weighted by Crippen LogP contribution is -2.25. The van der Waals surface area contributed by atoms with E-state index in [-0.39, 0.29) is 11.5 Å². The van der Waals surface area contributed by atoms with Crippen molar-refractivity contribution in [1.82, 2.24) is 24.5 Å². The molecule has 0 fully saturated rings. The summed E-state index contributed by atoms with van der Waals surface area (Å²) in [6, 6.07) is 22.4. The Labute approximate surface area is 177 Å². The van der Waals surface area contributed by atoms with E-state index < -0.39 is 0 Å². The fourth-order valence-corrected chi connectivity index (χ4v) is 3.66. The predicted octanol–water partition coefficient (Wildman–Crippen LogP) is 3.02. The summed E-state index contributed by atoms with van der Waals surface area (Å²) in [6.45, 7) is 0.726. The fourth-order valence-electron chi connectivity index (χ4n) is 3.66. The van der Waals surface area contributed by atoms with Gasteiger partial charge in [0.05, 0.1) is 36.0 Å². The first-order chi connectivity index (χ1) is 15.2. The van der Waals surface area contributed by atoms with Crippen LogP contribution in [0.2, 0.25) is 0 Å². The zero-order valence-corrected chi connectivity index (χ0v) is 16.6.